The van der Waals surface area contributed by atoms with Crippen molar-refractivity contribution in [2.24, 2.45) is 11.8 Å². The number of hydrogen-bond donors (Lipinski definition) is 5. The Bertz CT molecular complexity index is 1590. The molecule has 3 aromatic heterocycles. The average molecular weight is 575 g/mol. The fourth-order valence-corrected chi connectivity index (χ4v) is 7.38. The van der Waals surface area contributed by atoms with Crippen LogP contribution in [-0.4, -0.2) is 70.1 Å². The first kappa shape index (κ1) is 27.7. The van der Waals surface area contributed by atoms with Gasteiger partial charge in [-0.05, 0) is 67.1 Å². The Morgan fingerprint density at radius 1 is 1.17 bits per heavy atom. The predicted molar refractivity (Wildman–Crippen MR) is 160 cm³/mol. The second kappa shape index (κ2) is 10.3. The van der Waals surface area contributed by atoms with E-state index in [0.29, 0.717) is 35.0 Å². The maximum absolute atomic E-state index is 10.9. The van der Waals surface area contributed by atoms with Crippen molar-refractivity contribution in [1.82, 2.24) is 34.8 Å². The number of aliphatic hydroxyl groups excluding tert-OH is 2. The molecule has 3 aliphatic rings. The number of aromatic nitrogens is 6. The quantitative estimate of drug-likeness (QED) is 0.202. The van der Waals surface area contributed by atoms with Gasteiger partial charge in [-0.2, -0.15) is 0 Å². The molecule has 224 valence electrons. The van der Waals surface area contributed by atoms with Gasteiger partial charge in [-0.3, -0.25) is 4.57 Å². The van der Waals surface area contributed by atoms with Gasteiger partial charge in [0.15, 0.2) is 17.7 Å². The lowest BCUT2D eigenvalue weighted by Crippen LogP contribution is -2.61. The Balaban J connectivity index is 0.955. The Morgan fingerprint density at radius 2 is 1.98 bits per heavy atom. The van der Waals surface area contributed by atoms with Crippen LogP contribution in [0.3, 0.4) is 0 Å². The van der Waals surface area contributed by atoms with E-state index in [4.69, 9.17) is 15.5 Å². The topological polar surface area (TPSA) is 160 Å². The second-order valence-corrected chi connectivity index (χ2v) is 13.5. The van der Waals surface area contributed by atoms with E-state index in [1.54, 1.807) is 4.57 Å². The van der Waals surface area contributed by atoms with E-state index in [9.17, 15) is 10.2 Å². The summed E-state index contributed by atoms with van der Waals surface area (Å²) in [6.07, 6.45) is 7.33. The number of benzene rings is 1. The number of aryl methyl sites for hydroxylation is 1. The van der Waals surface area contributed by atoms with Gasteiger partial charge in [-0.15, -0.1) is 0 Å². The molecular weight excluding hydrogens is 532 g/mol. The van der Waals surface area contributed by atoms with Crippen LogP contribution in [0.25, 0.3) is 22.2 Å². The summed E-state index contributed by atoms with van der Waals surface area (Å²) in [6, 6.07) is 6.74. The van der Waals surface area contributed by atoms with Crippen molar-refractivity contribution in [3.8, 4) is 0 Å². The Morgan fingerprint density at radius 3 is 2.71 bits per heavy atom. The zero-order valence-corrected chi connectivity index (χ0v) is 24.6. The van der Waals surface area contributed by atoms with Crippen molar-refractivity contribution in [1.29, 1.82) is 0 Å². The third-order valence-electron chi connectivity index (χ3n) is 10.5. The molecule has 1 saturated heterocycles. The van der Waals surface area contributed by atoms with Gasteiger partial charge in [0.05, 0.1) is 17.4 Å². The second-order valence-electron chi connectivity index (χ2n) is 13.5. The van der Waals surface area contributed by atoms with Crippen molar-refractivity contribution < 1.29 is 14.9 Å². The molecule has 0 radical (unpaired) electrons. The van der Waals surface area contributed by atoms with Gasteiger partial charge in [0, 0.05) is 18.5 Å². The van der Waals surface area contributed by atoms with E-state index >= 15 is 0 Å². The number of nitrogens with zero attached hydrogens (tertiary/aromatic N) is 5. The van der Waals surface area contributed by atoms with E-state index < -0.39 is 24.5 Å². The first-order valence-electron chi connectivity index (χ1n) is 15.3. The fraction of sp³-hybridized carbons (Fsp3) is 0.613. The zero-order valence-electron chi connectivity index (χ0n) is 24.6. The molecule has 4 heterocycles. The number of anilines is 1. The largest absolute Gasteiger partial charge is 0.387 e. The smallest absolute Gasteiger partial charge is 0.167 e. The first-order valence-corrected chi connectivity index (χ1v) is 15.3. The number of aliphatic hydroxyl groups is 2. The zero-order chi connectivity index (χ0) is 29.2. The molecule has 0 bridgehead atoms. The lowest BCUT2D eigenvalue weighted by molar-refractivity contribution is -0.0422. The summed E-state index contributed by atoms with van der Waals surface area (Å²) in [5.74, 6) is 2.35. The van der Waals surface area contributed by atoms with Gasteiger partial charge < -0.3 is 31.0 Å². The van der Waals surface area contributed by atoms with Crippen LogP contribution in [0.15, 0.2) is 30.9 Å². The Kier molecular flexibility index (Phi) is 6.76. The van der Waals surface area contributed by atoms with E-state index in [-0.39, 0.29) is 11.4 Å². The summed E-state index contributed by atoms with van der Waals surface area (Å²) < 4.78 is 7.79. The normalized spacial score (nSPS) is 30.7. The third kappa shape index (κ3) is 4.57. The van der Waals surface area contributed by atoms with Gasteiger partial charge in [0.2, 0.25) is 0 Å². The SMILES string of the molecule is CC(C)C1(NC[C@H]2O[C@@H](n3cnc4c(N)ncnc43)[C@@H](O)[C@H]2O)CC(CCc2nc3ccc(C4(C)CCC4)cc3[nH]2)C1. The number of rotatable bonds is 9. The minimum Gasteiger partial charge on any atom is -0.387 e. The number of hydrogen-bond acceptors (Lipinski definition) is 9. The third-order valence-corrected chi connectivity index (χ3v) is 10.5. The monoisotopic (exact) mass is 574 g/mol. The number of H-pyrrole nitrogens is 1. The number of aromatic amines is 1. The van der Waals surface area contributed by atoms with Crippen LogP contribution < -0.4 is 11.1 Å². The van der Waals surface area contributed by atoms with Crippen LogP contribution in [0.1, 0.15) is 76.9 Å². The highest BCUT2D eigenvalue weighted by atomic mass is 16.6. The molecular formula is C31H42N8O3. The molecule has 6 N–H and O–H groups in total. The van der Waals surface area contributed by atoms with Gasteiger partial charge in [0.1, 0.15) is 36.0 Å². The maximum Gasteiger partial charge on any atom is 0.167 e. The minimum atomic E-state index is -1.12. The van der Waals surface area contributed by atoms with Crippen LogP contribution in [0.5, 0.6) is 0 Å². The van der Waals surface area contributed by atoms with E-state index in [1.807, 2.05) is 0 Å². The fourth-order valence-electron chi connectivity index (χ4n) is 7.38. The van der Waals surface area contributed by atoms with Gasteiger partial charge in [-0.25, -0.2) is 19.9 Å². The molecule has 0 spiro atoms. The Labute approximate surface area is 245 Å². The van der Waals surface area contributed by atoms with Crippen LogP contribution in [0, 0.1) is 11.8 Å². The van der Waals surface area contributed by atoms with Crippen molar-refractivity contribution >= 4 is 28.0 Å². The standard InChI is InChI=1S/C31H42N8O3/c1-17(2)31(36-14-22-25(40)26(41)29(42-22)39-16-35-24-27(32)33-15-34-28(24)39)12-18(13-31)5-8-23-37-20-7-6-19(11-21(20)38-23)30(3)9-4-10-30/h6-7,11,15-18,22,25-26,29,36,40-41H,4-5,8-10,12-14H2,1-3H3,(H,37,38)(H2,32,33,34)/t18?,22-,25+,26+,29-,31?/m1/s1. The van der Waals surface area contributed by atoms with E-state index in [1.165, 1.54) is 37.5 Å². The molecule has 2 saturated carbocycles. The summed E-state index contributed by atoms with van der Waals surface area (Å²) in [5, 5.41) is 25.4. The van der Waals surface area contributed by atoms with Gasteiger partial charge in [-0.1, -0.05) is 33.3 Å². The molecule has 0 unspecified atom stereocenters. The molecule has 11 heteroatoms. The summed E-state index contributed by atoms with van der Waals surface area (Å²) in [4.78, 5) is 21.0. The molecule has 11 nitrogen and oxygen atoms in total. The number of imidazole rings is 2. The van der Waals surface area contributed by atoms with Crippen LogP contribution >= 0.6 is 0 Å². The number of nitrogens with one attached hydrogen (secondary N) is 2. The van der Waals surface area contributed by atoms with E-state index in [2.05, 4.69) is 64.2 Å². The molecule has 3 fully saturated rings. The summed E-state index contributed by atoms with van der Waals surface area (Å²) >= 11 is 0. The number of ether oxygens (including phenoxy) is 1. The number of nitrogens with two attached hydrogens (primary N) is 1. The summed E-state index contributed by atoms with van der Waals surface area (Å²) in [7, 11) is 0. The van der Waals surface area contributed by atoms with Crippen LogP contribution in [-0.2, 0) is 16.6 Å². The molecule has 2 aliphatic carbocycles. The predicted octanol–water partition coefficient (Wildman–Crippen LogP) is 3.37. The molecule has 1 aliphatic heterocycles. The van der Waals surface area contributed by atoms with Crippen LogP contribution in [0.2, 0.25) is 0 Å². The molecule has 7 rings (SSSR count). The number of fused-ring (bicyclic) bond motifs is 2. The maximum atomic E-state index is 10.9. The van der Waals surface area contributed by atoms with Crippen molar-refractivity contribution in [3.05, 3.63) is 42.2 Å². The average Bonchev–Trinajstić information content (AvgIpc) is 3.62. The molecule has 0 amide bonds. The highest BCUT2D eigenvalue weighted by molar-refractivity contribution is 5.81. The van der Waals surface area contributed by atoms with Crippen molar-refractivity contribution in [3.63, 3.8) is 0 Å². The first-order chi connectivity index (χ1) is 20.2. The summed E-state index contributed by atoms with van der Waals surface area (Å²) in [6.45, 7) is 7.30. The van der Waals surface area contributed by atoms with Crippen LogP contribution in [0.4, 0.5) is 5.82 Å². The van der Waals surface area contributed by atoms with Gasteiger partial charge in [0.25, 0.3) is 0 Å². The molecule has 42 heavy (non-hydrogen) atoms. The minimum absolute atomic E-state index is 0.0266. The van der Waals surface area contributed by atoms with E-state index in [0.717, 1.165) is 42.5 Å². The Hall–Kier alpha value is -3.12. The highest BCUT2D eigenvalue weighted by Gasteiger charge is 2.49. The highest BCUT2D eigenvalue weighted by Crippen LogP contribution is 2.46. The lowest BCUT2D eigenvalue weighted by atomic mass is 9.61. The van der Waals surface area contributed by atoms with Crippen molar-refractivity contribution in [2.45, 2.75) is 101 Å². The number of nitrogen functional groups attached to an aromatic ring is 1. The van der Waals surface area contributed by atoms with Gasteiger partial charge >= 0.3 is 0 Å². The van der Waals surface area contributed by atoms with Crippen molar-refractivity contribution in [2.75, 3.05) is 12.3 Å². The molecule has 4 atom stereocenters. The molecule has 1 aromatic carbocycles. The molecule has 4 aromatic rings. The summed E-state index contributed by atoms with van der Waals surface area (Å²) in [5.41, 5.74) is 10.8. The lowest BCUT2D eigenvalue weighted by Gasteiger charge is -2.52.